The number of hydrogen-bond acceptors (Lipinski definition) is 7. The smallest absolute Gasteiger partial charge is 0.132 e. The van der Waals surface area contributed by atoms with Gasteiger partial charge in [0.2, 0.25) is 0 Å². The van der Waals surface area contributed by atoms with Gasteiger partial charge in [0.1, 0.15) is 17.7 Å². The highest BCUT2D eigenvalue weighted by Crippen LogP contribution is 2.29. The van der Waals surface area contributed by atoms with Crippen LogP contribution < -0.4 is 9.80 Å². The molecule has 0 aliphatic carbocycles. The molecule has 0 bridgehead atoms. The van der Waals surface area contributed by atoms with E-state index in [1.165, 1.54) is 0 Å². The first-order valence-electron chi connectivity index (χ1n) is 9.82. The molecule has 0 amide bonds. The minimum Gasteiger partial charge on any atom is -0.366 e. The molecule has 0 N–H and O–H groups in total. The van der Waals surface area contributed by atoms with Crippen molar-refractivity contribution >= 4 is 22.4 Å². The summed E-state index contributed by atoms with van der Waals surface area (Å²) in [5.74, 6) is 1.74. The monoisotopic (exact) mass is 387 g/mol. The van der Waals surface area contributed by atoms with Gasteiger partial charge in [-0.2, -0.15) is 5.26 Å². The van der Waals surface area contributed by atoms with Gasteiger partial charge >= 0.3 is 0 Å². The Bertz CT molecular complexity index is 1060. The zero-order valence-corrected chi connectivity index (χ0v) is 17.1. The summed E-state index contributed by atoms with van der Waals surface area (Å²) in [6.45, 7) is 6.51. The van der Waals surface area contributed by atoms with E-state index in [9.17, 15) is 5.26 Å². The molecule has 1 saturated heterocycles. The lowest BCUT2D eigenvalue weighted by atomic mass is 10.1. The molecule has 0 saturated carbocycles. The minimum atomic E-state index is 0.578. The molecule has 148 valence electrons. The lowest BCUT2D eigenvalue weighted by Crippen LogP contribution is -2.45. The molecule has 4 rings (SSSR count). The van der Waals surface area contributed by atoms with Crippen LogP contribution in [0.3, 0.4) is 0 Å². The standard InChI is InChI=1S/C22H25N7/c1-16-25-19(13-20(26-16)29-11-9-27(2)10-12-29)15-28(3)22-18(14-23)7-6-17-5-4-8-24-21(17)22/h4-8,13H,9-12,15H2,1-3H3. The predicted molar refractivity (Wildman–Crippen MR) is 115 cm³/mol. The lowest BCUT2D eigenvalue weighted by molar-refractivity contribution is 0.312. The molecule has 1 aliphatic heterocycles. The second kappa shape index (κ2) is 8.02. The Morgan fingerprint density at radius 1 is 1.14 bits per heavy atom. The van der Waals surface area contributed by atoms with Crippen molar-refractivity contribution in [2.75, 3.05) is 50.1 Å². The molecular weight excluding hydrogens is 362 g/mol. The fourth-order valence-electron chi connectivity index (χ4n) is 3.82. The number of piperazine rings is 1. The highest BCUT2D eigenvalue weighted by atomic mass is 15.3. The van der Waals surface area contributed by atoms with Crippen molar-refractivity contribution in [1.29, 1.82) is 5.26 Å². The van der Waals surface area contributed by atoms with Crippen molar-refractivity contribution in [2.45, 2.75) is 13.5 Å². The number of aromatic nitrogens is 3. The molecule has 0 atom stereocenters. The largest absolute Gasteiger partial charge is 0.366 e. The molecule has 1 aliphatic rings. The van der Waals surface area contributed by atoms with Crippen LogP contribution in [0.1, 0.15) is 17.1 Å². The van der Waals surface area contributed by atoms with Gasteiger partial charge in [0.05, 0.1) is 29.0 Å². The highest BCUT2D eigenvalue weighted by molar-refractivity contribution is 5.93. The fourth-order valence-corrected chi connectivity index (χ4v) is 3.82. The second-order valence-corrected chi connectivity index (χ2v) is 7.56. The number of fused-ring (bicyclic) bond motifs is 1. The Hall–Kier alpha value is -3.24. The summed E-state index contributed by atoms with van der Waals surface area (Å²) >= 11 is 0. The third-order valence-corrected chi connectivity index (χ3v) is 5.35. The Kier molecular flexibility index (Phi) is 5.28. The maximum absolute atomic E-state index is 9.63. The summed E-state index contributed by atoms with van der Waals surface area (Å²) in [5.41, 5.74) is 3.22. The number of aryl methyl sites for hydroxylation is 1. The first-order valence-corrected chi connectivity index (χ1v) is 9.82. The van der Waals surface area contributed by atoms with Gasteiger partial charge in [-0.15, -0.1) is 0 Å². The number of hydrogen-bond donors (Lipinski definition) is 0. The summed E-state index contributed by atoms with van der Waals surface area (Å²) in [4.78, 5) is 20.5. The molecule has 0 unspecified atom stereocenters. The molecule has 0 spiro atoms. The van der Waals surface area contributed by atoms with Crippen LogP contribution in [0.4, 0.5) is 11.5 Å². The van der Waals surface area contributed by atoms with Crippen LogP contribution in [-0.4, -0.2) is 60.1 Å². The van der Waals surface area contributed by atoms with Crippen molar-refractivity contribution in [3.63, 3.8) is 0 Å². The van der Waals surface area contributed by atoms with E-state index in [0.717, 1.165) is 60.1 Å². The van der Waals surface area contributed by atoms with E-state index < -0.39 is 0 Å². The summed E-state index contributed by atoms with van der Waals surface area (Å²) in [6.07, 6.45) is 1.77. The van der Waals surface area contributed by atoms with Gasteiger partial charge in [0, 0.05) is 50.9 Å². The van der Waals surface area contributed by atoms with Crippen molar-refractivity contribution in [3.05, 3.63) is 53.6 Å². The number of nitrogens with zero attached hydrogens (tertiary/aromatic N) is 7. The number of benzene rings is 1. The predicted octanol–water partition coefficient (Wildman–Crippen LogP) is 2.59. The SMILES string of the molecule is Cc1nc(CN(C)c2c(C#N)ccc3cccnc23)cc(N2CCN(C)CC2)n1. The third kappa shape index (κ3) is 3.98. The van der Waals surface area contributed by atoms with E-state index in [0.29, 0.717) is 12.1 Å². The fraction of sp³-hybridized carbons (Fsp3) is 0.364. The number of likely N-dealkylation sites (N-methyl/N-ethyl adjacent to an activating group) is 1. The van der Waals surface area contributed by atoms with Crippen molar-refractivity contribution < 1.29 is 0 Å². The quantitative estimate of drug-likeness (QED) is 0.681. The number of pyridine rings is 1. The summed E-state index contributed by atoms with van der Waals surface area (Å²) in [7, 11) is 4.13. The van der Waals surface area contributed by atoms with E-state index in [1.54, 1.807) is 6.20 Å². The Labute approximate surface area is 171 Å². The first-order chi connectivity index (χ1) is 14.0. The van der Waals surface area contributed by atoms with Crippen LogP contribution >= 0.6 is 0 Å². The Balaban J connectivity index is 1.65. The summed E-state index contributed by atoms with van der Waals surface area (Å²) in [6, 6.07) is 12.1. The number of anilines is 2. The number of rotatable bonds is 4. The zero-order chi connectivity index (χ0) is 20.4. The molecule has 1 fully saturated rings. The van der Waals surface area contributed by atoms with Crippen LogP contribution in [0, 0.1) is 18.3 Å². The van der Waals surface area contributed by atoms with E-state index in [2.05, 4.69) is 48.8 Å². The highest BCUT2D eigenvalue weighted by Gasteiger charge is 2.18. The molecule has 2 aromatic heterocycles. The average molecular weight is 387 g/mol. The molecule has 1 aromatic carbocycles. The van der Waals surface area contributed by atoms with Crippen LogP contribution in [0.5, 0.6) is 0 Å². The molecule has 3 heterocycles. The number of nitriles is 1. The molecule has 3 aromatic rings. The summed E-state index contributed by atoms with van der Waals surface area (Å²) < 4.78 is 0. The average Bonchev–Trinajstić information content (AvgIpc) is 2.72. The van der Waals surface area contributed by atoms with Crippen LogP contribution in [0.15, 0.2) is 36.5 Å². The Morgan fingerprint density at radius 3 is 2.69 bits per heavy atom. The Morgan fingerprint density at radius 2 is 1.93 bits per heavy atom. The minimum absolute atomic E-state index is 0.578. The molecule has 29 heavy (non-hydrogen) atoms. The van der Waals surface area contributed by atoms with Crippen molar-refractivity contribution in [1.82, 2.24) is 19.9 Å². The van der Waals surface area contributed by atoms with Gasteiger partial charge in [-0.1, -0.05) is 12.1 Å². The molecule has 7 heteroatoms. The maximum atomic E-state index is 9.63. The molecular formula is C22H25N7. The molecule has 0 radical (unpaired) electrons. The second-order valence-electron chi connectivity index (χ2n) is 7.56. The van der Waals surface area contributed by atoms with E-state index >= 15 is 0 Å². The van der Waals surface area contributed by atoms with Crippen molar-refractivity contribution in [3.8, 4) is 6.07 Å². The van der Waals surface area contributed by atoms with Crippen molar-refractivity contribution in [2.24, 2.45) is 0 Å². The summed E-state index contributed by atoms with van der Waals surface area (Å²) in [5, 5.41) is 10.7. The lowest BCUT2D eigenvalue weighted by Gasteiger charge is -2.33. The normalized spacial score (nSPS) is 14.8. The van der Waals surface area contributed by atoms with Gasteiger partial charge in [-0.05, 0) is 26.1 Å². The van der Waals surface area contributed by atoms with E-state index in [1.807, 2.05) is 38.2 Å². The van der Waals surface area contributed by atoms with Gasteiger partial charge in [-0.25, -0.2) is 9.97 Å². The van der Waals surface area contributed by atoms with Gasteiger partial charge in [-0.3, -0.25) is 4.98 Å². The van der Waals surface area contributed by atoms with E-state index in [4.69, 9.17) is 0 Å². The maximum Gasteiger partial charge on any atom is 0.132 e. The van der Waals surface area contributed by atoms with Crippen LogP contribution in [0.25, 0.3) is 10.9 Å². The van der Waals surface area contributed by atoms with Gasteiger partial charge in [0.25, 0.3) is 0 Å². The van der Waals surface area contributed by atoms with Crippen LogP contribution in [-0.2, 0) is 6.54 Å². The van der Waals surface area contributed by atoms with Gasteiger partial charge < -0.3 is 14.7 Å². The van der Waals surface area contributed by atoms with E-state index in [-0.39, 0.29) is 0 Å². The van der Waals surface area contributed by atoms with Gasteiger partial charge in [0.15, 0.2) is 0 Å². The zero-order valence-electron chi connectivity index (χ0n) is 17.1. The topological polar surface area (TPSA) is 72.2 Å². The third-order valence-electron chi connectivity index (χ3n) is 5.35. The molecule has 7 nitrogen and oxygen atoms in total. The van der Waals surface area contributed by atoms with Crippen LogP contribution in [0.2, 0.25) is 0 Å². The first kappa shape index (κ1) is 19.1.